The third-order valence-corrected chi connectivity index (χ3v) is 6.17. The van der Waals surface area contributed by atoms with Crippen molar-refractivity contribution in [2.24, 2.45) is 0 Å². The van der Waals surface area contributed by atoms with Crippen molar-refractivity contribution in [2.75, 3.05) is 19.0 Å². The molecule has 3 aromatic rings. The molecule has 1 N–H and O–H groups in total. The predicted molar refractivity (Wildman–Crippen MR) is 110 cm³/mol. The van der Waals surface area contributed by atoms with E-state index >= 15 is 0 Å². The van der Waals surface area contributed by atoms with Crippen molar-refractivity contribution in [1.82, 2.24) is 4.98 Å². The highest BCUT2D eigenvalue weighted by molar-refractivity contribution is 7.17. The Morgan fingerprint density at radius 1 is 1.17 bits per heavy atom. The maximum Gasteiger partial charge on any atom is 0.341 e. The molecule has 2 aromatic heterocycles. The first-order chi connectivity index (χ1) is 14.6. The molecule has 9 heteroatoms. The van der Waals surface area contributed by atoms with Crippen LogP contribution in [0.1, 0.15) is 50.4 Å². The Labute approximate surface area is 176 Å². The first-order valence-electron chi connectivity index (χ1n) is 9.60. The number of hydrogen-bond donors (Lipinski definition) is 1. The predicted octanol–water partition coefficient (Wildman–Crippen LogP) is 3.74. The number of aromatic nitrogens is 1. The van der Waals surface area contributed by atoms with Crippen molar-refractivity contribution < 1.29 is 28.3 Å². The van der Waals surface area contributed by atoms with Crippen molar-refractivity contribution in [3.8, 4) is 0 Å². The molecule has 1 amide bonds. The summed E-state index contributed by atoms with van der Waals surface area (Å²) in [6.07, 6.45) is 6.10. The second kappa shape index (κ2) is 8.66. The van der Waals surface area contributed by atoms with Crippen LogP contribution in [0.15, 0.2) is 29.0 Å². The fourth-order valence-electron chi connectivity index (χ4n) is 3.51. The molecule has 1 aliphatic carbocycles. The highest BCUT2D eigenvalue weighted by Gasteiger charge is 2.26. The van der Waals surface area contributed by atoms with Crippen molar-refractivity contribution in [2.45, 2.75) is 32.1 Å². The zero-order chi connectivity index (χ0) is 21.1. The van der Waals surface area contributed by atoms with E-state index in [9.17, 15) is 14.4 Å². The molecule has 30 heavy (non-hydrogen) atoms. The van der Waals surface area contributed by atoms with Gasteiger partial charge in [0.05, 0.1) is 18.2 Å². The Morgan fingerprint density at radius 2 is 2.00 bits per heavy atom. The Bertz CT molecular complexity index is 1120. The van der Waals surface area contributed by atoms with Crippen molar-refractivity contribution in [3.05, 3.63) is 46.2 Å². The molecule has 1 aromatic carbocycles. The van der Waals surface area contributed by atoms with E-state index < -0.39 is 24.5 Å². The molecule has 0 atom stereocenters. The summed E-state index contributed by atoms with van der Waals surface area (Å²) >= 11 is 1.39. The Hall–Kier alpha value is -3.20. The number of fused-ring (bicyclic) bond motifs is 2. The first-order valence-corrected chi connectivity index (χ1v) is 10.4. The van der Waals surface area contributed by atoms with E-state index in [2.05, 4.69) is 10.3 Å². The summed E-state index contributed by atoms with van der Waals surface area (Å²) in [5.41, 5.74) is 2.70. The number of amides is 1. The molecule has 0 unspecified atom stereocenters. The molecule has 156 valence electrons. The van der Waals surface area contributed by atoms with Gasteiger partial charge in [0, 0.05) is 4.88 Å². The van der Waals surface area contributed by atoms with Gasteiger partial charge in [-0.3, -0.25) is 4.79 Å². The van der Waals surface area contributed by atoms with Crippen LogP contribution in [0.3, 0.4) is 0 Å². The van der Waals surface area contributed by atoms with Gasteiger partial charge in [-0.25, -0.2) is 14.6 Å². The van der Waals surface area contributed by atoms with Crippen LogP contribution in [-0.2, 0) is 27.1 Å². The fourth-order valence-corrected chi connectivity index (χ4v) is 4.80. The quantitative estimate of drug-likeness (QED) is 0.487. The molecular weight excluding hydrogens is 408 g/mol. The lowest BCUT2D eigenvalue weighted by molar-refractivity contribution is -0.119. The molecule has 2 heterocycles. The fraction of sp³-hybridized carbons (Fsp3) is 0.333. The molecule has 8 nitrogen and oxygen atoms in total. The van der Waals surface area contributed by atoms with E-state index in [0.29, 0.717) is 21.7 Å². The van der Waals surface area contributed by atoms with Crippen LogP contribution < -0.4 is 5.32 Å². The number of esters is 2. The van der Waals surface area contributed by atoms with Gasteiger partial charge in [-0.2, -0.15) is 0 Å². The van der Waals surface area contributed by atoms with Gasteiger partial charge in [-0.05, 0) is 49.4 Å². The number of methoxy groups -OCH3 is 1. The van der Waals surface area contributed by atoms with E-state index in [1.165, 1.54) is 30.9 Å². The summed E-state index contributed by atoms with van der Waals surface area (Å²) in [5.74, 6) is -1.65. The molecular formula is C21H20N2O6S. The number of carbonyl (C=O) groups excluding carboxylic acids is 3. The Morgan fingerprint density at radius 3 is 2.83 bits per heavy atom. The SMILES string of the molecule is COC(=O)c1c(NC(=O)COC(=O)c2ccc3ncoc3c2)sc2c1CCCCC2. The monoisotopic (exact) mass is 428 g/mol. The number of nitrogens with zero attached hydrogens (tertiary/aromatic N) is 1. The number of ether oxygens (including phenoxy) is 2. The molecule has 0 saturated carbocycles. The van der Waals surface area contributed by atoms with Crippen LogP contribution in [0.25, 0.3) is 11.1 Å². The average Bonchev–Trinajstić information content (AvgIpc) is 3.28. The lowest BCUT2D eigenvalue weighted by Gasteiger charge is -2.08. The van der Waals surface area contributed by atoms with Gasteiger partial charge in [0.2, 0.25) is 0 Å². The minimum absolute atomic E-state index is 0.255. The Kier molecular flexibility index (Phi) is 5.80. The van der Waals surface area contributed by atoms with Gasteiger partial charge >= 0.3 is 11.9 Å². The molecule has 0 spiro atoms. The summed E-state index contributed by atoms with van der Waals surface area (Å²) in [4.78, 5) is 42.1. The van der Waals surface area contributed by atoms with Crippen molar-refractivity contribution in [3.63, 3.8) is 0 Å². The summed E-state index contributed by atoms with van der Waals surface area (Å²) < 4.78 is 15.2. The zero-order valence-electron chi connectivity index (χ0n) is 16.4. The summed E-state index contributed by atoms with van der Waals surface area (Å²) in [6, 6.07) is 4.70. The van der Waals surface area contributed by atoms with E-state index in [1.807, 2.05) is 0 Å². The maximum absolute atomic E-state index is 12.4. The van der Waals surface area contributed by atoms with Gasteiger partial charge in [0.15, 0.2) is 18.6 Å². The van der Waals surface area contributed by atoms with Gasteiger partial charge in [0.1, 0.15) is 10.5 Å². The topological polar surface area (TPSA) is 108 Å². The van der Waals surface area contributed by atoms with Gasteiger partial charge in [-0.15, -0.1) is 11.3 Å². The molecule has 0 fully saturated rings. The number of benzene rings is 1. The van der Waals surface area contributed by atoms with Crippen molar-refractivity contribution in [1.29, 1.82) is 0 Å². The minimum atomic E-state index is -0.654. The lowest BCUT2D eigenvalue weighted by Crippen LogP contribution is -2.21. The number of aryl methyl sites for hydroxylation is 1. The largest absolute Gasteiger partial charge is 0.465 e. The van der Waals surface area contributed by atoms with Crippen molar-refractivity contribution >= 4 is 45.3 Å². The number of carbonyl (C=O) groups is 3. The number of anilines is 1. The first kappa shape index (κ1) is 20.1. The molecule has 4 rings (SSSR count). The van der Waals surface area contributed by atoms with Crippen LogP contribution in [0, 0.1) is 0 Å². The smallest absolute Gasteiger partial charge is 0.341 e. The second-order valence-corrected chi connectivity index (χ2v) is 8.02. The number of thiophene rings is 1. The number of nitrogens with one attached hydrogen (secondary N) is 1. The summed E-state index contributed by atoms with van der Waals surface area (Å²) in [6.45, 7) is -0.476. The normalized spacial score (nSPS) is 13.4. The lowest BCUT2D eigenvalue weighted by atomic mass is 10.1. The number of oxazole rings is 1. The maximum atomic E-state index is 12.4. The van der Waals surface area contributed by atoms with E-state index in [0.717, 1.165) is 42.5 Å². The van der Waals surface area contributed by atoms with E-state index in [4.69, 9.17) is 13.9 Å². The number of rotatable bonds is 5. The van der Waals surface area contributed by atoms with Crippen LogP contribution >= 0.6 is 11.3 Å². The van der Waals surface area contributed by atoms with Crippen LogP contribution in [0.2, 0.25) is 0 Å². The third kappa shape index (κ3) is 4.06. The van der Waals surface area contributed by atoms with Gasteiger partial charge in [0.25, 0.3) is 5.91 Å². The average molecular weight is 428 g/mol. The van der Waals surface area contributed by atoms with Crippen LogP contribution in [0.4, 0.5) is 5.00 Å². The Balaban J connectivity index is 1.44. The van der Waals surface area contributed by atoms with Gasteiger partial charge < -0.3 is 19.2 Å². The number of hydrogen-bond acceptors (Lipinski definition) is 8. The molecule has 0 radical (unpaired) electrons. The van der Waals surface area contributed by atoms with E-state index in [-0.39, 0.29) is 5.56 Å². The minimum Gasteiger partial charge on any atom is -0.465 e. The highest BCUT2D eigenvalue weighted by Crippen LogP contribution is 2.37. The standard InChI is InChI=1S/C21H20N2O6S/c1-27-21(26)18-13-5-3-2-4-6-16(13)30-19(18)23-17(24)10-28-20(25)12-7-8-14-15(9-12)29-11-22-14/h7-9,11H,2-6,10H2,1H3,(H,23,24). The summed E-state index contributed by atoms with van der Waals surface area (Å²) in [7, 11) is 1.32. The van der Waals surface area contributed by atoms with Gasteiger partial charge in [-0.1, -0.05) is 6.42 Å². The van der Waals surface area contributed by atoms with Crippen LogP contribution in [0.5, 0.6) is 0 Å². The van der Waals surface area contributed by atoms with Crippen LogP contribution in [-0.4, -0.2) is 36.5 Å². The zero-order valence-corrected chi connectivity index (χ0v) is 17.2. The van der Waals surface area contributed by atoms with E-state index in [1.54, 1.807) is 12.1 Å². The molecule has 0 bridgehead atoms. The summed E-state index contributed by atoms with van der Waals surface area (Å²) in [5, 5.41) is 3.15. The molecule has 0 saturated heterocycles. The molecule has 0 aliphatic heterocycles. The highest BCUT2D eigenvalue weighted by atomic mass is 32.1. The molecule has 1 aliphatic rings. The third-order valence-electron chi connectivity index (χ3n) is 4.97. The second-order valence-electron chi connectivity index (χ2n) is 6.92.